The number of halogens is 1. The predicted octanol–water partition coefficient (Wildman–Crippen LogP) is 3.79. The first kappa shape index (κ1) is 13.2. The van der Waals surface area contributed by atoms with Crippen LogP contribution in [0, 0.1) is 0 Å². The number of ether oxygens (including phenoxy) is 1. The highest BCUT2D eigenvalue weighted by molar-refractivity contribution is 6.33. The number of anilines is 2. The third-order valence-corrected chi connectivity index (χ3v) is 2.92. The molecule has 0 unspecified atom stereocenters. The summed E-state index contributed by atoms with van der Waals surface area (Å²) in [6.45, 7) is 0. The highest BCUT2D eigenvalue weighted by atomic mass is 35.5. The van der Waals surface area contributed by atoms with Gasteiger partial charge in [-0.15, -0.1) is 0 Å². The van der Waals surface area contributed by atoms with Crippen LogP contribution in [0.5, 0.6) is 5.75 Å². The van der Waals surface area contributed by atoms with Gasteiger partial charge in [0.1, 0.15) is 5.75 Å². The average Bonchev–Trinajstić information content (AvgIpc) is 2.41. The molecule has 2 aromatic carbocycles. The van der Waals surface area contributed by atoms with E-state index in [9.17, 15) is 4.79 Å². The van der Waals surface area contributed by atoms with Gasteiger partial charge in [-0.25, -0.2) is 4.79 Å². The molecule has 0 heterocycles. The lowest BCUT2D eigenvalue weighted by molar-refractivity contribution is 0.0697. The summed E-state index contributed by atoms with van der Waals surface area (Å²) >= 11 is 6.05. The molecule has 0 fully saturated rings. The average molecular weight is 278 g/mol. The molecular weight excluding hydrogens is 266 g/mol. The van der Waals surface area contributed by atoms with E-state index in [4.69, 9.17) is 21.4 Å². The van der Waals surface area contributed by atoms with Crippen molar-refractivity contribution < 1.29 is 14.6 Å². The molecule has 0 amide bonds. The molecule has 0 atom stereocenters. The molecule has 0 bridgehead atoms. The van der Waals surface area contributed by atoms with Gasteiger partial charge in [0, 0.05) is 0 Å². The van der Waals surface area contributed by atoms with Crippen LogP contribution in [0.25, 0.3) is 0 Å². The third-order valence-electron chi connectivity index (χ3n) is 2.59. The highest BCUT2D eigenvalue weighted by Gasteiger charge is 2.09. The second kappa shape index (κ2) is 5.63. The molecule has 2 rings (SSSR count). The normalized spacial score (nSPS) is 10.0. The molecule has 98 valence electrons. The first-order valence-corrected chi connectivity index (χ1v) is 5.92. The third kappa shape index (κ3) is 2.98. The number of hydrogen-bond acceptors (Lipinski definition) is 3. The Kier molecular flexibility index (Phi) is 3.92. The standard InChI is InChI=1S/C14H12ClNO3/c1-19-13-5-3-2-4-11(13)16-12-8-9(14(17)18)6-7-10(12)15/h2-8,16H,1H3,(H,17,18). The monoisotopic (exact) mass is 277 g/mol. The van der Waals surface area contributed by atoms with Gasteiger partial charge in [0.15, 0.2) is 0 Å². The number of benzene rings is 2. The van der Waals surface area contributed by atoms with Crippen LogP contribution in [0.2, 0.25) is 5.02 Å². The number of para-hydroxylation sites is 2. The van der Waals surface area contributed by atoms with Crippen molar-refractivity contribution in [3.8, 4) is 5.75 Å². The van der Waals surface area contributed by atoms with E-state index in [-0.39, 0.29) is 5.56 Å². The Morgan fingerprint density at radius 2 is 1.95 bits per heavy atom. The molecule has 0 aliphatic carbocycles. The van der Waals surface area contributed by atoms with Gasteiger partial charge in [-0.3, -0.25) is 0 Å². The van der Waals surface area contributed by atoms with Gasteiger partial charge in [-0.05, 0) is 30.3 Å². The Hall–Kier alpha value is -2.20. The van der Waals surface area contributed by atoms with Crippen LogP contribution < -0.4 is 10.1 Å². The molecule has 0 saturated carbocycles. The minimum Gasteiger partial charge on any atom is -0.495 e. The van der Waals surface area contributed by atoms with Gasteiger partial charge in [0.05, 0.1) is 29.1 Å². The summed E-state index contributed by atoms with van der Waals surface area (Å²) in [7, 11) is 1.57. The fraction of sp³-hybridized carbons (Fsp3) is 0.0714. The van der Waals surface area contributed by atoms with Crippen LogP contribution in [-0.4, -0.2) is 18.2 Å². The van der Waals surface area contributed by atoms with E-state index >= 15 is 0 Å². The molecule has 0 aromatic heterocycles. The Morgan fingerprint density at radius 3 is 2.63 bits per heavy atom. The maximum absolute atomic E-state index is 10.9. The number of hydrogen-bond donors (Lipinski definition) is 2. The van der Waals surface area contributed by atoms with Gasteiger partial charge < -0.3 is 15.2 Å². The molecule has 0 radical (unpaired) electrons. The first-order chi connectivity index (χ1) is 9.11. The summed E-state index contributed by atoms with van der Waals surface area (Å²) in [5.41, 5.74) is 1.40. The number of carboxylic acid groups (broad SMARTS) is 1. The Morgan fingerprint density at radius 1 is 1.21 bits per heavy atom. The minimum atomic E-state index is -1.00. The van der Waals surface area contributed by atoms with Crippen molar-refractivity contribution in [3.05, 3.63) is 53.1 Å². The number of nitrogens with one attached hydrogen (secondary N) is 1. The quantitative estimate of drug-likeness (QED) is 0.893. The molecule has 0 spiro atoms. The Labute approximate surface area is 115 Å². The molecule has 0 aliphatic heterocycles. The van der Waals surface area contributed by atoms with Crippen LogP contribution in [0.1, 0.15) is 10.4 Å². The largest absolute Gasteiger partial charge is 0.495 e. The van der Waals surface area contributed by atoms with Gasteiger partial charge >= 0.3 is 5.97 Å². The summed E-state index contributed by atoms with van der Waals surface area (Å²) in [4.78, 5) is 10.9. The molecule has 0 saturated heterocycles. The van der Waals surface area contributed by atoms with Crippen LogP contribution in [0.3, 0.4) is 0 Å². The van der Waals surface area contributed by atoms with Crippen molar-refractivity contribution in [2.24, 2.45) is 0 Å². The van der Waals surface area contributed by atoms with Crippen molar-refractivity contribution in [1.29, 1.82) is 0 Å². The van der Waals surface area contributed by atoms with Gasteiger partial charge in [-0.2, -0.15) is 0 Å². The topological polar surface area (TPSA) is 58.6 Å². The summed E-state index contributed by atoms with van der Waals surface area (Å²) in [6, 6.07) is 11.8. The maximum Gasteiger partial charge on any atom is 0.335 e. The lowest BCUT2D eigenvalue weighted by atomic mass is 10.2. The van der Waals surface area contributed by atoms with Crippen molar-refractivity contribution in [3.63, 3.8) is 0 Å². The first-order valence-electron chi connectivity index (χ1n) is 5.54. The summed E-state index contributed by atoms with van der Waals surface area (Å²) in [5.74, 6) is -0.348. The van der Waals surface area contributed by atoms with E-state index in [1.54, 1.807) is 19.2 Å². The predicted molar refractivity (Wildman–Crippen MR) is 74.7 cm³/mol. The van der Waals surface area contributed by atoms with Crippen LogP contribution in [0.4, 0.5) is 11.4 Å². The Bertz CT molecular complexity index is 613. The lowest BCUT2D eigenvalue weighted by Gasteiger charge is -2.12. The van der Waals surface area contributed by atoms with Gasteiger partial charge in [0.25, 0.3) is 0 Å². The fourth-order valence-corrected chi connectivity index (χ4v) is 1.81. The van der Waals surface area contributed by atoms with Crippen molar-refractivity contribution in [1.82, 2.24) is 0 Å². The van der Waals surface area contributed by atoms with Crippen LogP contribution in [-0.2, 0) is 0 Å². The number of methoxy groups -OCH3 is 1. The van der Waals surface area contributed by atoms with Crippen LogP contribution in [0.15, 0.2) is 42.5 Å². The summed E-state index contributed by atoms with van der Waals surface area (Å²) in [5, 5.41) is 12.5. The fourth-order valence-electron chi connectivity index (χ4n) is 1.65. The SMILES string of the molecule is COc1ccccc1Nc1cc(C(=O)O)ccc1Cl. The molecule has 0 aliphatic rings. The van der Waals surface area contributed by atoms with Crippen molar-refractivity contribution >= 4 is 28.9 Å². The molecule has 2 aromatic rings. The van der Waals surface area contributed by atoms with E-state index in [0.717, 1.165) is 5.69 Å². The number of carboxylic acids is 1. The number of aromatic carboxylic acids is 1. The minimum absolute atomic E-state index is 0.168. The van der Waals surface area contributed by atoms with E-state index in [0.29, 0.717) is 16.5 Å². The van der Waals surface area contributed by atoms with Crippen LogP contribution >= 0.6 is 11.6 Å². The van der Waals surface area contributed by atoms with Crippen molar-refractivity contribution in [2.75, 3.05) is 12.4 Å². The molecular formula is C14H12ClNO3. The lowest BCUT2D eigenvalue weighted by Crippen LogP contribution is -1.99. The molecule has 5 heteroatoms. The second-order valence-corrected chi connectivity index (χ2v) is 4.23. The van der Waals surface area contributed by atoms with E-state index in [1.165, 1.54) is 12.1 Å². The van der Waals surface area contributed by atoms with Gasteiger partial charge in [-0.1, -0.05) is 23.7 Å². The van der Waals surface area contributed by atoms with E-state index < -0.39 is 5.97 Å². The zero-order valence-corrected chi connectivity index (χ0v) is 10.9. The zero-order chi connectivity index (χ0) is 13.8. The number of carbonyl (C=O) groups is 1. The summed E-state index contributed by atoms with van der Waals surface area (Å²) < 4.78 is 5.21. The molecule has 2 N–H and O–H groups in total. The molecule has 4 nitrogen and oxygen atoms in total. The highest BCUT2D eigenvalue weighted by Crippen LogP contribution is 2.31. The van der Waals surface area contributed by atoms with E-state index in [2.05, 4.69) is 5.32 Å². The Balaban J connectivity index is 2.37. The zero-order valence-electron chi connectivity index (χ0n) is 10.2. The van der Waals surface area contributed by atoms with E-state index in [1.807, 2.05) is 18.2 Å². The smallest absolute Gasteiger partial charge is 0.335 e. The second-order valence-electron chi connectivity index (χ2n) is 3.83. The van der Waals surface area contributed by atoms with Gasteiger partial charge in [0.2, 0.25) is 0 Å². The summed E-state index contributed by atoms with van der Waals surface area (Å²) in [6.07, 6.45) is 0. The maximum atomic E-state index is 10.9. The number of rotatable bonds is 4. The van der Waals surface area contributed by atoms with Crippen molar-refractivity contribution in [2.45, 2.75) is 0 Å². The molecule has 19 heavy (non-hydrogen) atoms.